The Balaban J connectivity index is 1.92. The van der Waals surface area contributed by atoms with Crippen molar-refractivity contribution in [2.75, 3.05) is 6.61 Å². The Hall–Kier alpha value is -1.55. The minimum absolute atomic E-state index is 0.197. The van der Waals surface area contributed by atoms with Crippen LogP contribution in [-0.4, -0.2) is 35.8 Å². The van der Waals surface area contributed by atoms with Crippen molar-refractivity contribution < 1.29 is 5.11 Å². The van der Waals surface area contributed by atoms with Gasteiger partial charge in [0, 0.05) is 18.7 Å². The fourth-order valence-corrected chi connectivity index (χ4v) is 3.34. The summed E-state index contributed by atoms with van der Waals surface area (Å²) in [6, 6.07) is 10.0. The molecule has 0 amide bonds. The number of aliphatic imine (C=N–C) groups is 1. The maximum Gasteiger partial charge on any atom is 0.191 e. The molecule has 0 saturated heterocycles. The first-order chi connectivity index (χ1) is 11.8. The second-order valence-electron chi connectivity index (χ2n) is 8.47. The zero-order chi connectivity index (χ0) is 18.4. The quantitative estimate of drug-likeness (QED) is 0.741. The van der Waals surface area contributed by atoms with E-state index >= 15 is 0 Å². The molecule has 0 bridgehead atoms. The van der Waals surface area contributed by atoms with Crippen LogP contribution < -0.4 is 10.6 Å². The highest BCUT2D eigenvalue weighted by atomic mass is 16.2. The minimum Gasteiger partial charge on any atom is -0.396 e. The van der Waals surface area contributed by atoms with Gasteiger partial charge in [-0.25, -0.2) is 4.99 Å². The highest BCUT2D eigenvalue weighted by molar-refractivity contribution is 5.81. The maximum atomic E-state index is 9.03. The Morgan fingerprint density at radius 1 is 1.28 bits per heavy atom. The van der Waals surface area contributed by atoms with Gasteiger partial charge in [0.2, 0.25) is 0 Å². The molecule has 3 unspecified atom stereocenters. The van der Waals surface area contributed by atoms with E-state index in [1.807, 2.05) is 0 Å². The van der Waals surface area contributed by atoms with E-state index in [-0.39, 0.29) is 12.0 Å². The first-order valence-corrected chi connectivity index (χ1v) is 9.59. The molecule has 4 heteroatoms. The lowest BCUT2D eigenvalue weighted by Crippen LogP contribution is -2.50. The first kappa shape index (κ1) is 19.8. The van der Waals surface area contributed by atoms with Crippen molar-refractivity contribution >= 4 is 5.96 Å². The van der Waals surface area contributed by atoms with E-state index < -0.39 is 0 Å². The summed E-state index contributed by atoms with van der Waals surface area (Å²) in [5.41, 5.74) is 2.91. The molecular weight excluding hydrogens is 310 g/mol. The summed E-state index contributed by atoms with van der Waals surface area (Å²) in [4.78, 5) is 4.78. The van der Waals surface area contributed by atoms with Gasteiger partial charge in [-0.3, -0.25) is 0 Å². The summed E-state index contributed by atoms with van der Waals surface area (Å²) >= 11 is 0. The van der Waals surface area contributed by atoms with Crippen molar-refractivity contribution in [1.29, 1.82) is 0 Å². The van der Waals surface area contributed by atoms with Gasteiger partial charge >= 0.3 is 0 Å². The lowest BCUT2D eigenvalue weighted by atomic mass is 9.86. The van der Waals surface area contributed by atoms with E-state index in [0.29, 0.717) is 18.1 Å². The van der Waals surface area contributed by atoms with Gasteiger partial charge in [0.25, 0.3) is 0 Å². The Bertz CT molecular complexity index is 559. The number of benzene rings is 1. The van der Waals surface area contributed by atoms with Gasteiger partial charge in [0.1, 0.15) is 0 Å². The average Bonchev–Trinajstić information content (AvgIpc) is 2.52. The summed E-state index contributed by atoms with van der Waals surface area (Å²) in [7, 11) is 0. The summed E-state index contributed by atoms with van der Waals surface area (Å²) in [6.45, 7) is 11.4. The molecule has 3 N–H and O–H groups in total. The second kappa shape index (κ2) is 8.70. The SMILES string of the molecule is CC(Cc1ccc(C(C)(C)C)cc1)NC1=NC(CCCO)CC(C)N1. The van der Waals surface area contributed by atoms with Crippen molar-refractivity contribution in [3.63, 3.8) is 0 Å². The molecule has 1 aliphatic heterocycles. The molecule has 140 valence electrons. The van der Waals surface area contributed by atoms with Crippen LogP contribution in [0.4, 0.5) is 0 Å². The van der Waals surface area contributed by atoms with E-state index in [1.54, 1.807) is 0 Å². The molecule has 1 aliphatic rings. The number of aliphatic hydroxyl groups is 1. The Morgan fingerprint density at radius 3 is 2.56 bits per heavy atom. The van der Waals surface area contributed by atoms with Gasteiger partial charge in [0.15, 0.2) is 5.96 Å². The zero-order valence-corrected chi connectivity index (χ0v) is 16.5. The molecule has 0 aliphatic carbocycles. The molecule has 0 aromatic heterocycles. The van der Waals surface area contributed by atoms with Crippen LogP contribution in [0.5, 0.6) is 0 Å². The van der Waals surface area contributed by atoms with Gasteiger partial charge < -0.3 is 15.7 Å². The number of hydrogen-bond donors (Lipinski definition) is 3. The third-order valence-corrected chi connectivity index (χ3v) is 4.76. The van der Waals surface area contributed by atoms with Crippen LogP contribution in [0.2, 0.25) is 0 Å². The summed E-state index contributed by atoms with van der Waals surface area (Å²) in [6.07, 6.45) is 3.79. The van der Waals surface area contributed by atoms with Crippen LogP contribution in [0.1, 0.15) is 65.0 Å². The second-order valence-corrected chi connectivity index (χ2v) is 8.47. The number of guanidine groups is 1. The Morgan fingerprint density at radius 2 is 1.96 bits per heavy atom. The molecule has 0 saturated carbocycles. The fraction of sp³-hybridized carbons (Fsp3) is 0.667. The van der Waals surface area contributed by atoms with E-state index in [0.717, 1.165) is 31.6 Å². The average molecular weight is 346 g/mol. The number of rotatable bonds is 6. The smallest absolute Gasteiger partial charge is 0.191 e. The summed E-state index contributed by atoms with van der Waals surface area (Å²) < 4.78 is 0. The lowest BCUT2D eigenvalue weighted by molar-refractivity contribution is 0.275. The zero-order valence-electron chi connectivity index (χ0n) is 16.5. The van der Waals surface area contributed by atoms with Crippen molar-refractivity contribution in [3.8, 4) is 0 Å². The van der Waals surface area contributed by atoms with Gasteiger partial charge in [-0.05, 0) is 56.1 Å². The molecule has 0 radical (unpaired) electrons. The Labute approximate surface area is 153 Å². The molecule has 1 aromatic carbocycles. The van der Waals surface area contributed by atoms with E-state index in [1.165, 1.54) is 11.1 Å². The number of nitrogens with one attached hydrogen (secondary N) is 2. The maximum absolute atomic E-state index is 9.03. The summed E-state index contributed by atoms with van der Waals surface area (Å²) in [5, 5.41) is 16.0. The monoisotopic (exact) mass is 345 g/mol. The number of hydrogen-bond acceptors (Lipinski definition) is 4. The largest absolute Gasteiger partial charge is 0.396 e. The van der Waals surface area contributed by atoms with Crippen LogP contribution in [0.3, 0.4) is 0 Å². The molecule has 2 rings (SSSR count). The van der Waals surface area contributed by atoms with Gasteiger partial charge in [-0.15, -0.1) is 0 Å². The van der Waals surface area contributed by atoms with Crippen LogP contribution in [0.25, 0.3) is 0 Å². The fourth-order valence-electron chi connectivity index (χ4n) is 3.34. The van der Waals surface area contributed by atoms with Crippen LogP contribution >= 0.6 is 0 Å². The van der Waals surface area contributed by atoms with Crippen molar-refractivity contribution in [2.24, 2.45) is 4.99 Å². The van der Waals surface area contributed by atoms with Crippen molar-refractivity contribution in [3.05, 3.63) is 35.4 Å². The molecule has 0 spiro atoms. The topological polar surface area (TPSA) is 56.7 Å². The van der Waals surface area contributed by atoms with Gasteiger partial charge in [-0.1, -0.05) is 45.0 Å². The standard InChI is InChI=1S/C21H35N3O/c1-15(13-17-8-10-18(11-9-17)21(3,4)5)22-20-23-16(2)14-19(24-20)7-6-12-25/h8-11,15-16,19,25H,6-7,12-14H2,1-5H3,(H2,22,23,24). The van der Waals surface area contributed by atoms with Crippen LogP contribution in [0.15, 0.2) is 29.3 Å². The predicted molar refractivity (Wildman–Crippen MR) is 106 cm³/mol. The third kappa shape index (κ3) is 6.35. The van der Waals surface area contributed by atoms with Crippen LogP contribution in [0, 0.1) is 0 Å². The molecule has 1 heterocycles. The van der Waals surface area contributed by atoms with Gasteiger partial charge in [-0.2, -0.15) is 0 Å². The van der Waals surface area contributed by atoms with E-state index in [4.69, 9.17) is 10.1 Å². The number of aliphatic hydroxyl groups excluding tert-OH is 1. The van der Waals surface area contributed by atoms with Crippen molar-refractivity contribution in [2.45, 2.75) is 83.8 Å². The highest BCUT2D eigenvalue weighted by Crippen LogP contribution is 2.22. The van der Waals surface area contributed by atoms with Crippen LogP contribution in [-0.2, 0) is 11.8 Å². The first-order valence-electron chi connectivity index (χ1n) is 9.59. The molecule has 1 aromatic rings. The molecule has 0 fully saturated rings. The number of nitrogens with zero attached hydrogens (tertiary/aromatic N) is 1. The Kier molecular flexibility index (Phi) is 6.88. The van der Waals surface area contributed by atoms with Gasteiger partial charge in [0.05, 0.1) is 6.04 Å². The molecule has 4 nitrogen and oxygen atoms in total. The minimum atomic E-state index is 0.197. The molecule has 25 heavy (non-hydrogen) atoms. The molecular formula is C21H35N3O. The lowest BCUT2D eigenvalue weighted by Gasteiger charge is -2.29. The highest BCUT2D eigenvalue weighted by Gasteiger charge is 2.20. The summed E-state index contributed by atoms with van der Waals surface area (Å²) in [5.74, 6) is 0.903. The normalized spacial score (nSPS) is 22.1. The van der Waals surface area contributed by atoms with E-state index in [2.05, 4.69) is 69.5 Å². The van der Waals surface area contributed by atoms with E-state index in [9.17, 15) is 0 Å². The molecule has 3 atom stereocenters. The van der Waals surface area contributed by atoms with Crippen molar-refractivity contribution in [1.82, 2.24) is 10.6 Å². The third-order valence-electron chi connectivity index (χ3n) is 4.76. The predicted octanol–water partition coefficient (Wildman–Crippen LogP) is 3.38.